The molecule has 1 heterocycles. The number of rotatable bonds is 3. The van der Waals surface area contributed by atoms with Gasteiger partial charge >= 0.3 is 0 Å². The molecule has 3 rings (SSSR count). The first-order chi connectivity index (χ1) is 11.7. The third-order valence-corrected chi connectivity index (χ3v) is 4.88. The van der Waals surface area contributed by atoms with Crippen LogP contribution < -0.4 is 5.32 Å². The number of fused-ring (bicyclic) bond motifs is 1. The molecular weight excluding hydrogens is 344 g/mol. The van der Waals surface area contributed by atoms with Crippen LogP contribution in [-0.4, -0.2) is 10.8 Å². The topological polar surface area (TPSA) is 85.4 Å². The van der Waals surface area contributed by atoms with Crippen molar-refractivity contribution in [2.24, 2.45) is 5.41 Å². The summed E-state index contributed by atoms with van der Waals surface area (Å²) in [6.07, 6.45) is 3.29. The van der Waals surface area contributed by atoms with Crippen LogP contribution in [-0.2, 0) is 6.42 Å². The van der Waals surface area contributed by atoms with E-state index in [4.69, 9.17) is 16.0 Å². The van der Waals surface area contributed by atoms with Gasteiger partial charge in [0.15, 0.2) is 0 Å². The summed E-state index contributed by atoms with van der Waals surface area (Å²) in [4.78, 5) is 23.1. The minimum Gasteiger partial charge on any atom is -0.469 e. The number of carbonyl (C=O) groups excluding carboxylic acids is 1. The van der Waals surface area contributed by atoms with Gasteiger partial charge in [-0.2, -0.15) is 0 Å². The first-order valence-electron chi connectivity index (χ1n) is 7.99. The second-order valence-electron chi connectivity index (χ2n) is 7.25. The fourth-order valence-corrected chi connectivity index (χ4v) is 3.62. The fourth-order valence-electron chi connectivity index (χ4n) is 3.43. The van der Waals surface area contributed by atoms with Crippen molar-refractivity contribution < 1.29 is 14.1 Å². The summed E-state index contributed by atoms with van der Waals surface area (Å²) >= 11 is 5.81. The first kappa shape index (κ1) is 17.5. The maximum atomic E-state index is 12.6. The van der Waals surface area contributed by atoms with Crippen molar-refractivity contribution in [1.82, 2.24) is 5.32 Å². The molecule has 1 aliphatic carbocycles. The van der Waals surface area contributed by atoms with Crippen molar-refractivity contribution in [2.45, 2.75) is 39.7 Å². The Hall–Kier alpha value is -2.34. The molecule has 1 aromatic heterocycles. The molecule has 1 aliphatic rings. The van der Waals surface area contributed by atoms with Crippen molar-refractivity contribution in [1.29, 1.82) is 0 Å². The Balaban J connectivity index is 1.90. The van der Waals surface area contributed by atoms with Gasteiger partial charge in [0.05, 0.1) is 17.2 Å². The molecule has 0 spiro atoms. The van der Waals surface area contributed by atoms with Gasteiger partial charge < -0.3 is 9.73 Å². The van der Waals surface area contributed by atoms with Crippen molar-refractivity contribution in [3.8, 4) is 0 Å². The number of benzene rings is 1. The molecule has 1 N–H and O–H groups in total. The summed E-state index contributed by atoms with van der Waals surface area (Å²) in [5.74, 6) is 0.523. The maximum absolute atomic E-state index is 12.6. The van der Waals surface area contributed by atoms with E-state index in [1.807, 2.05) is 6.92 Å². The fraction of sp³-hybridized carbons (Fsp3) is 0.389. The van der Waals surface area contributed by atoms with Gasteiger partial charge in [-0.15, -0.1) is 0 Å². The Morgan fingerprint density at radius 1 is 1.44 bits per heavy atom. The number of hydrogen-bond donors (Lipinski definition) is 1. The van der Waals surface area contributed by atoms with E-state index in [9.17, 15) is 14.9 Å². The number of hydrogen-bond acceptors (Lipinski definition) is 4. The highest BCUT2D eigenvalue weighted by atomic mass is 35.5. The monoisotopic (exact) mass is 362 g/mol. The maximum Gasteiger partial charge on any atom is 0.288 e. The normalized spacial score (nSPS) is 18.5. The molecule has 0 bridgehead atoms. The van der Waals surface area contributed by atoms with Crippen LogP contribution in [0.5, 0.6) is 0 Å². The van der Waals surface area contributed by atoms with Gasteiger partial charge in [0, 0.05) is 23.6 Å². The van der Waals surface area contributed by atoms with Crippen LogP contribution in [0.15, 0.2) is 28.9 Å². The molecule has 1 atom stereocenters. The Labute approximate surface area is 150 Å². The van der Waals surface area contributed by atoms with E-state index in [1.165, 1.54) is 18.2 Å². The van der Waals surface area contributed by atoms with Crippen LogP contribution in [0.4, 0.5) is 5.69 Å². The van der Waals surface area contributed by atoms with Crippen molar-refractivity contribution >= 4 is 23.2 Å². The molecule has 132 valence electrons. The number of furan rings is 1. The Bertz CT molecular complexity index is 857. The molecule has 25 heavy (non-hydrogen) atoms. The standard InChI is InChI=1S/C18H19ClN2O4/c1-10-9-25-15-8-18(2,3)7-13(16(10)15)20-17(22)11-4-5-12(19)14(6-11)21(23)24/h4-6,9,13H,7-8H2,1-3H3,(H,20,22). The molecule has 7 heteroatoms. The quantitative estimate of drug-likeness (QED) is 0.639. The Morgan fingerprint density at radius 2 is 2.16 bits per heavy atom. The third-order valence-electron chi connectivity index (χ3n) is 4.56. The SMILES string of the molecule is Cc1coc2c1C(NC(=O)c1ccc(Cl)c([N+](=O)[O-])c1)CC(C)(C)C2. The predicted molar refractivity (Wildman–Crippen MR) is 93.9 cm³/mol. The summed E-state index contributed by atoms with van der Waals surface area (Å²) in [6, 6.07) is 3.87. The van der Waals surface area contributed by atoms with Gasteiger partial charge in [-0.1, -0.05) is 25.4 Å². The molecular formula is C18H19ClN2O4. The highest BCUT2D eigenvalue weighted by Crippen LogP contribution is 2.43. The number of nitrogens with one attached hydrogen (secondary N) is 1. The molecule has 6 nitrogen and oxygen atoms in total. The van der Waals surface area contributed by atoms with E-state index >= 15 is 0 Å². The molecule has 0 saturated heterocycles. The zero-order valence-corrected chi connectivity index (χ0v) is 15.0. The van der Waals surface area contributed by atoms with Crippen LogP contribution >= 0.6 is 11.6 Å². The second kappa shape index (κ2) is 6.19. The van der Waals surface area contributed by atoms with Gasteiger partial charge in [-0.3, -0.25) is 14.9 Å². The van der Waals surface area contributed by atoms with E-state index in [0.29, 0.717) is 0 Å². The van der Waals surface area contributed by atoms with Gasteiger partial charge in [0.2, 0.25) is 0 Å². The molecule has 1 unspecified atom stereocenters. The van der Waals surface area contributed by atoms with Crippen LogP contribution in [0, 0.1) is 22.5 Å². The summed E-state index contributed by atoms with van der Waals surface area (Å²) < 4.78 is 5.65. The largest absolute Gasteiger partial charge is 0.469 e. The van der Waals surface area contributed by atoms with E-state index < -0.39 is 4.92 Å². The Morgan fingerprint density at radius 3 is 2.84 bits per heavy atom. The first-order valence-corrected chi connectivity index (χ1v) is 8.37. The lowest BCUT2D eigenvalue weighted by Gasteiger charge is -2.35. The van der Waals surface area contributed by atoms with E-state index in [1.54, 1.807) is 6.26 Å². The average molecular weight is 363 g/mol. The van der Waals surface area contributed by atoms with Crippen LogP contribution in [0.1, 0.15) is 53.6 Å². The van der Waals surface area contributed by atoms with Gasteiger partial charge in [0.25, 0.3) is 11.6 Å². The van der Waals surface area contributed by atoms with E-state index in [0.717, 1.165) is 29.7 Å². The minimum atomic E-state index is -0.596. The molecule has 2 aromatic rings. The summed E-state index contributed by atoms with van der Waals surface area (Å²) in [5.41, 5.74) is 1.93. The Kier molecular flexibility index (Phi) is 4.33. The number of halogens is 1. The number of amides is 1. The molecule has 0 aliphatic heterocycles. The number of nitro benzene ring substituents is 1. The highest BCUT2D eigenvalue weighted by molar-refractivity contribution is 6.32. The lowest BCUT2D eigenvalue weighted by Crippen LogP contribution is -2.36. The third kappa shape index (κ3) is 3.39. The second-order valence-corrected chi connectivity index (χ2v) is 7.66. The minimum absolute atomic E-state index is 0.00770. The van der Waals surface area contributed by atoms with E-state index in [2.05, 4.69) is 19.2 Å². The van der Waals surface area contributed by atoms with Crippen LogP contribution in [0.2, 0.25) is 5.02 Å². The average Bonchev–Trinajstić information content (AvgIpc) is 2.86. The summed E-state index contributed by atoms with van der Waals surface area (Å²) in [7, 11) is 0. The smallest absolute Gasteiger partial charge is 0.288 e. The lowest BCUT2D eigenvalue weighted by atomic mass is 9.74. The predicted octanol–water partition coefficient (Wildman–Crippen LogP) is 4.59. The summed E-state index contributed by atoms with van der Waals surface area (Å²) in [6.45, 7) is 6.20. The van der Waals surface area contributed by atoms with Gasteiger partial charge in [0.1, 0.15) is 10.8 Å². The number of nitrogens with zero attached hydrogens (tertiary/aromatic N) is 1. The molecule has 1 aromatic carbocycles. The van der Waals surface area contributed by atoms with Crippen molar-refractivity contribution in [3.63, 3.8) is 0 Å². The summed E-state index contributed by atoms with van der Waals surface area (Å²) in [5, 5.41) is 14.0. The number of nitro groups is 1. The van der Waals surface area contributed by atoms with Crippen LogP contribution in [0.25, 0.3) is 0 Å². The molecule has 0 saturated carbocycles. The van der Waals surface area contributed by atoms with Gasteiger partial charge in [-0.05, 0) is 36.5 Å². The zero-order valence-electron chi connectivity index (χ0n) is 14.3. The van der Waals surface area contributed by atoms with Crippen molar-refractivity contribution in [3.05, 3.63) is 62.0 Å². The molecule has 0 fully saturated rings. The van der Waals surface area contributed by atoms with Gasteiger partial charge in [-0.25, -0.2) is 0 Å². The lowest BCUT2D eigenvalue weighted by molar-refractivity contribution is -0.384. The molecule has 1 amide bonds. The van der Waals surface area contributed by atoms with Crippen molar-refractivity contribution in [2.75, 3.05) is 0 Å². The zero-order chi connectivity index (χ0) is 18.4. The number of aryl methyl sites for hydroxylation is 1. The highest BCUT2D eigenvalue weighted by Gasteiger charge is 2.36. The van der Waals surface area contributed by atoms with Crippen LogP contribution in [0.3, 0.4) is 0 Å². The molecule has 0 radical (unpaired) electrons. The number of carbonyl (C=O) groups is 1. The van der Waals surface area contributed by atoms with E-state index in [-0.39, 0.29) is 33.6 Å².